The summed E-state index contributed by atoms with van der Waals surface area (Å²) in [6.07, 6.45) is 51.1. The minimum Gasteiger partial charge on any atom is -0.394 e. The molecule has 1 amide bonds. The fraction of sp³-hybridized carbons (Fsp3) is 0.683. The van der Waals surface area contributed by atoms with Crippen LogP contribution in [0.1, 0.15) is 162 Å². The van der Waals surface area contributed by atoms with Crippen molar-refractivity contribution in [2.75, 3.05) is 6.61 Å². The number of aliphatic hydroxyl groups excluding tert-OH is 2. The van der Waals surface area contributed by atoms with Crippen LogP contribution in [0.3, 0.4) is 0 Å². The highest BCUT2D eigenvalue weighted by atomic mass is 16.3. The Bertz CT molecular complexity index is 808. The first-order chi connectivity index (χ1) is 22.2. The summed E-state index contributed by atoms with van der Waals surface area (Å²) in [5.41, 5.74) is 0. The van der Waals surface area contributed by atoms with E-state index >= 15 is 0 Å². The van der Waals surface area contributed by atoms with Gasteiger partial charge in [-0.15, -0.1) is 0 Å². The summed E-state index contributed by atoms with van der Waals surface area (Å²) in [6, 6.07) is -0.579. The normalized spacial score (nSPS) is 14.0. The molecule has 0 aromatic carbocycles. The second kappa shape index (κ2) is 36.3. The number of rotatable bonds is 32. The fourth-order valence-electron chi connectivity index (χ4n) is 5.15. The van der Waals surface area contributed by atoms with Gasteiger partial charge in [0.05, 0.1) is 18.8 Å². The number of allylic oxidation sites excluding steroid dienone is 12. The Morgan fingerprint density at radius 3 is 1.33 bits per heavy atom. The molecule has 0 heterocycles. The number of aliphatic hydroxyl groups is 2. The Hall–Kier alpha value is -2.17. The molecule has 258 valence electrons. The highest BCUT2D eigenvalue weighted by molar-refractivity contribution is 5.76. The van der Waals surface area contributed by atoms with E-state index in [0.29, 0.717) is 19.3 Å². The number of unbranched alkanes of at least 4 members (excludes halogenated alkanes) is 13. The third-order valence-corrected chi connectivity index (χ3v) is 8.00. The molecular weight excluding hydrogens is 554 g/mol. The summed E-state index contributed by atoms with van der Waals surface area (Å²) in [6.45, 7) is 4.19. The molecule has 0 aliphatic rings. The van der Waals surface area contributed by atoms with Crippen molar-refractivity contribution in [1.29, 1.82) is 0 Å². The van der Waals surface area contributed by atoms with Gasteiger partial charge >= 0.3 is 0 Å². The van der Waals surface area contributed by atoms with Crippen LogP contribution in [0, 0.1) is 0 Å². The highest BCUT2D eigenvalue weighted by Gasteiger charge is 2.19. The summed E-state index contributed by atoms with van der Waals surface area (Å²) < 4.78 is 0. The standard InChI is InChI=1S/C41H71NO3/c1-3-5-7-9-11-13-15-17-19-20-21-22-23-25-27-29-31-33-35-37-41(45)42-39(38-43)40(44)36-34-32-30-28-26-24-18-16-14-12-10-8-6-4-2/h5,7,11,13,17,19,21-22,25,27,31,33,39-40,43-44H,3-4,6,8-10,12,14-16,18,20,23-24,26,28-30,32,34-38H2,1-2H3,(H,42,45)/b7-5-,13-11-,19-17-,22-21-,27-25-,33-31-. The van der Waals surface area contributed by atoms with E-state index in [9.17, 15) is 15.0 Å². The Morgan fingerprint density at radius 1 is 0.556 bits per heavy atom. The molecule has 2 unspecified atom stereocenters. The van der Waals surface area contributed by atoms with Crippen LogP contribution in [0.5, 0.6) is 0 Å². The van der Waals surface area contributed by atoms with Gasteiger partial charge in [0.15, 0.2) is 0 Å². The molecule has 0 aromatic heterocycles. The van der Waals surface area contributed by atoms with Gasteiger partial charge in [0.1, 0.15) is 0 Å². The van der Waals surface area contributed by atoms with Gasteiger partial charge in [0, 0.05) is 6.42 Å². The molecule has 4 nitrogen and oxygen atoms in total. The maximum absolute atomic E-state index is 12.3. The Morgan fingerprint density at radius 2 is 0.933 bits per heavy atom. The lowest BCUT2D eigenvalue weighted by atomic mass is 10.0. The monoisotopic (exact) mass is 626 g/mol. The van der Waals surface area contributed by atoms with E-state index in [1.807, 2.05) is 6.08 Å². The van der Waals surface area contributed by atoms with Crippen LogP contribution in [-0.2, 0) is 4.79 Å². The molecule has 0 spiro atoms. The van der Waals surface area contributed by atoms with Crippen LogP contribution in [0.4, 0.5) is 0 Å². The van der Waals surface area contributed by atoms with Crippen molar-refractivity contribution >= 4 is 5.91 Å². The van der Waals surface area contributed by atoms with Crippen LogP contribution in [0.25, 0.3) is 0 Å². The highest BCUT2D eigenvalue weighted by Crippen LogP contribution is 2.14. The zero-order valence-corrected chi connectivity index (χ0v) is 29.4. The molecule has 4 heteroatoms. The summed E-state index contributed by atoms with van der Waals surface area (Å²) in [5.74, 6) is -0.117. The van der Waals surface area contributed by atoms with Crippen LogP contribution in [0.15, 0.2) is 72.9 Å². The largest absolute Gasteiger partial charge is 0.394 e. The molecule has 0 aliphatic heterocycles. The third-order valence-electron chi connectivity index (χ3n) is 8.00. The molecule has 0 saturated carbocycles. The zero-order valence-electron chi connectivity index (χ0n) is 29.4. The quantitative estimate of drug-likeness (QED) is 0.0514. The van der Waals surface area contributed by atoms with Gasteiger partial charge in [-0.1, -0.05) is 177 Å². The first-order valence-corrected chi connectivity index (χ1v) is 18.6. The van der Waals surface area contributed by atoms with Crippen molar-refractivity contribution in [3.8, 4) is 0 Å². The van der Waals surface area contributed by atoms with Crippen LogP contribution < -0.4 is 5.32 Å². The molecule has 0 aromatic rings. The molecule has 0 aliphatic carbocycles. The number of hydrogen-bond donors (Lipinski definition) is 3. The minimum atomic E-state index is -0.692. The molecule has 0 bridgehead atoms. The molecular formula is C41H71NO3. The summed E-state index contributed by atoms with van der Waals surface area (Å²) in [5, 5.41) is 23.0. The van der Waals surface area contributed by atoms with Crippen LogP contribution >= 0.6 is 0 Å². The number of amides is 1. The summed E-state index contributed by atoms with van der Waals surface area (Å²) in [7, 11) is 0. The van der Waals surface area contributed by atoms with Crippen molar-refractivity contribution in [2.24, 2.45) is 0 Å². The van der Waals surface area contributed by atoms with E-state index < -0.39 is 12.1 Å². The van der Waals surface area contributed by atoms with Gasteiger partial charge in [-0.25, -0.2) is 0 Å². The lowest BCUT2D eigenvalue weighted by Crippen LogP contribution is -2.45. The second-order valence-corrected chi connectivity index (χ2v) is 12.3. The van der Waals surface area contributed by atoms with E-state index in [-0.39, 0.29) is 12.5 Å². The second-order valence-electron chi connectivity index (χ2n) is 12.3. The molecule has 2 atom stereocenters. The third kappa shape index (κ3) is 33.0. The number of hydrogen-bond acceptors (Lipinski definition) is 3. The van der Waals surface area contributed by atoms with E-state index in [1.165, 1.54) is 77.0 Å². The van der Waals surface area contributed by atoms with Crippen molar-refractivity contribution in [3.63, 3.8) is 0 Å². The SMILES string of the molecule is CC/C=C\C/C=C\C/C=C\C/C=C\C/C=C\C/C=C\CCC(=O)NC(CO)C(O)CCCCCCCCCCCCCCCC. The molecule has 0 radical (unpaired) electrons. The number of carbonyl (C=O) groups excluding carboxylic acids is 1. The van der Waals surface area contributed by atoms with Crippen LogP contribution in [0.2, 0.25) is 0 Å². The molecule has 45 heavy (non-hydrogen) atoms. The zero-order chi connectivity index (χ0) is 32.9. The Balaban J connectivity index is 3.75. The van der Waals surface area contributed by atoms with E-state index in [0.717, 1.165) is 51.4 Å². The molecule has 0 fully saturated rings. The van der Waals surface area contributed by atoms with Gasteiger partial charge in [-0.05, 0) is 51.4 Å². The van der Waals surface area contributed by atoms with Crippen molar-refractivity contribution < 1.29 is 15.0 Å². The Kier molecular flexibility index (Phi) is 34.5. The number of nitrogens with one attached hydrogen (secondary N) is 1. The smallest absolute Gasteiger partial charge is 0.220 e. The van der Waals surface area contributed by atoms with Gasteiger partial charge in [0.2, 0.25) is 5.91 Å². The average molecular weight is 626 g/mol. The Labute approximate surface area is 278 Å². The average Bonchev–Trinajstić information content (AvgIpc) is 3.04. The molecule has 3 N–H and O–H groups in total. The van der Waals surface area contributed by atoms with Crippen molar-refractivity contribution in [2.45, 2.75) is 174 Å². The fourth-order valence-corrected chi connectivity index (χ4v) is 5.15. The van der Waals surface area contributed by atoms with E-state index in [4.69, 9.17) is 0 Å². The number of carbonyl (C=O) groups is 1. The van der Waals surface area contributed by atoms with Gasteiger partial charge in [0.25, 0.3) is 0 Å². The van der Waals surface area contributed by atoms with Gasteiger partial charge in [-0.3, -0.25) is 4.79 Å². The predicted octanol–water partition coefficient (Wildman–Crippen LogP) is 11.2. The van der Waals surface area contributed by atoms with E-state index in [2.05, 4.69) is 86.0 Å². The lowest BCUT2D eigenvalue weighted by molar-refractivity contribution is -0.123. The van der Waals surface area contributed by atoms with Gasteiger partial charge in [-0.2, -0.15) is 0 Å². The van der Waals surface area contributed by atoms with Crippen molar-refractivity contribution in [3.05, 3.63) is 72.9 Å². The van der Waals surface area contributed by atoms with E-state index in [1.54, 1.807) is 0 Å². The summed E-state index contributed by atoms with van der Waals surface area (Å²) >= 11 is 0. The topological polar surface area (TPSA) is 69.6 Å². The first-order valence-electron chi connectivity index (χ1n) is 18.6. The van der Waals surface area contributed by atoms with Gasteiger partial charge < -0.3 is 15.5 Å². The van der Waals surface area contributed by atoms with Crippen LogP contribution in [-0.4, -0.2) is 34.9 Å². The van der Waals surface area contributed by atoms with Crippen molar-refractivity contribution in [1.82, 2.24) is 5.32 Å². The maximum Gasteiger partial charge on any atom is 0.220 e. The molecule has 0 rings (SSSR count). The lowest BCUT2D eigenvalue weighted by Gasteiger charge is -2.22. The first kappa shape index (κ1) is 42.8. The maximum atomic E-state index is 12.3. The summed E-state index contributed by atoms with van der Waals surface area (Å²) in [4.78, 5) is 12.3. The minimum absolute atomic E-state index is 0.117. The molecule has 0 saturated heterocycles. The predicted molar refractivity (Wildman–Crippen MR) is 197 cm³/mol.